The smallest absolute Gasteiger partial charge is 0.254 e. The molecule has 1 atom stereocenters. The second-order valence-corrected chi connectivity index (χ2v) is 5.45. The molecule has 1 fully saturated rings. The van der Waals surface area contributed by atoms with E-state index in [0.29, 0.717) is 18.0 Å². The molecule has 1 saturated heterocycles. The molecule has 3 N–H and O–H groups in total. The number of amides is 1. The number of rotatable bonds is 3. The molecule has 112 valence electrons. The Balaban J connectivity index is 2.15. The SMILES string of the molecule is Cc1ccc(C#CCN)cc1C(=O)N1CCC(CCO)C1. The van der Waals surface area contributed by atoms with Gasteiger partial charge >= 0.3 is 0 Å². The van der Waals surface area contributed by atoms with Gasteiger partial charge in [-0.15, -0.1) is 0 Å². The summed E-state index contributed by atoms with van der Waals surface area (Å²) < 4.78 is 0. The summed E-state index contributed by atoms with van der Waals surface area (Å²) in [6.45, 7) is 3.94. The lowest BCUT2D eigenvalue weighted by Gasteiger charge is -2.18. The van der Waals surface area contributed by atoms with Crippen LogP contribution in [-0.4, -0.2) is 42.2 Å². The van der Waals surface area contributed by atoms with E-state index in [0.717, 1.165) is 37.1 Å². The topological polar surface area (TPSA) is 66.6 Å². The lowest BCUT2D eigenvalue weighted by Crippen LogP contribution is -2.29. The Bertz CT molecular complexity index is 572. The predicted molar refractivity (Wildman–Crippen MR) is 82.8 cm³/mol. The van der Waals surface area contributed by atoms with E-state index >= 15 is 0 Å². The number of carbonyl (C=O) groups excluding carboxylic acids is 1. The number of nitrogens with two attached hydrogens (primary N) is 1. The van der Waals surface area contributed by atoms with E-state index in [1.807, 2.05) is 30.0 Å². The van der Waals surface area contributed by atoms with Crippen molar-refractivity contribution in [3.8, 4) is 11.8 Å². The number of aryl methyl sites for hydroxylation is 1. The Morgan fingerprint density at radius 3 is 3.05 bits per heavy atom. The molecule has 4 nitrogen and oxygen atoms in total. The second kappa shape index (κ2) is 7.26. The Hall–Kier alpha value is -1.83. The average molecular weight is 286 g/mol. The van der Waals surface area contributed by atoms with E-state index in [4.69, 9.17) is 10.8 Å². The molecule has 4 heteroatoms. The minimum atomic E-state index is 0.0596. The molecule has 21 heavy (non-hydrogen) atoms. The van der Waals surface area contributed by atoms with Crippen molar-refractivity contribution in [1.82, 2.24) is 4.90 Å². The first kappa shape index (κ1) is 15.6. The third-order valence-electron chi connectivity index (χ3n) is 3.91. The predicted octanol–water partition coefficient (Wildman–Crippen LogP) is 1.15. The van der Waals surface area contributed by atoms with Gasteiger partial charge in [-0.2, -0.15) is 0 Å². The molecule has 0 spiro atoms. The molecule has 1 heterocycles. The Kier molecular flexibility index (Phi) is 5.38. The van der Waals surface area contributed by atoms with Crippen LogP contribution in [0.2, 0.25) is 0 Å². The summed E-state index contributed by atoms with van der Waals surface area (Å²) in [6.07, 6.45) is 1.74. The van der Waals surface area contributed by atoms with Crippen LogP contribution >= 0.6 is 0 Å². The van der Waals surface area contributed by atoms with Gasteiger partial charge in [-0.1, -0.05) is 17.9 Å². The van der Waals surface area contributed by atoms with Crippen LogP contribution in [0, 0.1) is 24.7 Å². The molecule has 0 aromatic heterocycles. The van der Waals surface area contributed by atoms with Crippen LogP contribution in [-0.2, 0) is 0 Å². The molecular weight excluding hydrogens is 264 g/mol. The van der Waals surface area contributed by atoms with Crippen LogP contribution < -0.4 is 5.73 Å². The first-order valence-electron chi connectivity index (χ1n) is 7.35. The van der Waals surface area contributed by atoms with Gasteiger partial charge in [-0.05, 0) is 43.4 Å². The summed E-state index contributed by atoms with van der Waals surface area (Å²) in [5.74, 6) is 6.25. The molecule has 1 amide bonds. The van der Waals surface area contributed by atoms with E-state index in [9.17, 15) is 4.79 Å². The van der Waals surface area contributed by atoms with Gasteiger partial charge in [0, 0.05) is 30.8 Å². The van der Waals surface area contributed by atoms with Crippen LogP contribution in [0.25, 0.3) is 0 Å². The standard InChI is InChI=1S/C17H22N2O2/c1-13-4-5-14(3-2-8-18)11-16(13)17(21)19-9-6-15(12-19)7-10-20/h4-5,11,15,20H,6-10,12,18H2,1H3. The second-order valence-electron chi connectivity index (χ2n) is 5.45. The Morgan fingerprint density at radius 2 is 2.33 bits per heavy atom. The normalized spacial score (nSPS) is 17.5. The van der Waals surface area contributed by atoms with Crippen molar-refractivity contribution in [3.05, 3.63) is 34.9 Å². The van der Waals surface area contributed by atoms with Gasteiger partial charge < -0.3 is 15.7 Å². The maximum atomic E-state index is 12.6. The number of nitrogens with zero attached hydrogens (tertiary/aromatic N) is 1. The number of aliphatic hydroxyl groups is 1. The van der Waals surface area contributed by atoms with Crippen LogP contribution in [0.15, 0.2) is 18.2 Å². The fourth-order valence-corrected chi connectivity index (χ4v) is 2.69. The molecule has 0 bridgehead atoms. The van der Waals surface area contributed by atoms with Crippen molar-refractivity contribution < 1.29 is 9.90 Å². The van der Waals surface area contributed by atoms with Crippen LogP contribution in [0.4, 0.5) is 0 Å². The number of carbonyl (C=O) groups is 1. The van der Waals surface area contributed by atoms with E-state index in [-0.39, 0.29) is 12.5 Å². The van der Waals surface area contributed by atoms with E-state index in [2.05, 4.69) is 11.8 Å². The maximum Gasteiger partial charge on any atom is 0.254 e. The Morgan fingerprint density at radius 1 is 1.52 bits per heavy atom. The van der Waals surface area contributed by atoms with E-state index in [1.165, 1.54) is 0 Å². The fraction of sp³-hybridized carbons (Fsp3) is 0.471. The minimum Gasteiger partial charge on any atom is -0.396 e. The summed E-state index contributed by atoms with van der Waals surface area (Å²) in [6, 6.07) is 5.68. The molecule has 1 aliphatic heterocycles. The van der Waals surface area contributed by atoms with Crippen molar-refractivity contribution in [2.24, 2.45) is 11.7 Å². The summed E-state index contributed by atoms with van der Waals surface area (Å²) >= 11 is 0. The molecule has 1 aliphatic rings. The summed E-state index contributed by atoms with van der Waals surface area (Å²) in [7, 11) is 0. The van der Waals surface area contributed by atoms with Crippen molar-refractivity contribution in [1.29, 1.82) is 0 Å². The van der Waals surface area contributed by atoms with Gasteiger partial charge in [0.05, 0.1) is 6.54 Å². The largest absolute Gasteiger partial charge is 0.396 e. The van der Waals surface area contributed by atoms with Gasteiger partial charge in [0.1, 0.15) is 0 Å². The zero-order chi connectivity index (χ0) is 15.2. The van der Waals surface area contributed by atoms with Crippen LogP contribution in [0.1, 0.15) is 34.3 Å². The highest BCUT2D eigenvalue weighted by Gasteiger charge is 2.27. The first-order valence-corrected chi connectivity index (χ1v) is 7.35. The third-order valence-corrected chi connectivity index (χ3v) is 3.91. The molecule has 1 aromatic carbocycles. The van der Waals surface area contributed by atoms with E-state index < -0.39 is 0 Å². The van der Waals surface area contributed by atoms with Gasteiger partial charge in [0.2, 0.25) is 0 Å². The number of hydrogen-bond acceptors (Lipinski definition) is 3. The van der Waals surface area contributed by atoms with Gasteiger partial charge in [-0.25, -0.2) is 0 Å². The summed E-state index contributed by atoms with van der Waals surface area (Å²) in [5, 5.41) is 9.00. The number of benzene rings is 1. The Labute approximate surface area is 125 Å². The maximum absolute atomic E-state index is 12.6. The molecular formula is C17H22N2O2. The van der Waals surface area contributed by atoms with Crippen LogP contribution in [0.5, 0.6) is 0 Å². The molecule has 1 aromatic rings. The first-order chi connectivity index (χ1) is 10.2. The lowest BCUT2D eigenvalue weighted by molar-refractivity contribution is 0.0784. The fourth-order valence-electron chi connectivity index (χ4n) is 2.69. The van der Waals surface area contributed by atoms with Crippen molar-refractivity contribution in [2.75, 3.05) is 26.2 Å². The zero-order valence-corrected chi connectivity index (χ0v) is 12.4. The molecule has 2 rings (SSSR count). The highest BCUT2D eigenvalue weighted by Crippen LogP contribution is 2.22. The monoisotopic (exact) mass is 286 g/mol. The number of likely N-dealkylation sites (tertiary alicyclic amines) is 1. The third kappa shape index (κ3) is 3.84. The summed E-state index contributed by atoms with van der Waals surface area (Å²) in [5.41, 5.74) is 7.87. The molecule has 0 radical (unpaired) electrons. The highest BCUT2D eigenvalue weighted by atomic mass is 16.3. The van der Waals surface area contributed by atoms with Crippen molar-refractivity contribution in [3.63, 3.8) is 0 Å². The van der Waals surface area contributed by atoms with Crippen molar-refractivity contribution in [2.45, 2.75) is 19.8 Å². The quantitative estimate of drug-likeness (QED) is 0.819. The van der Waals surface area contributed by atoms with E-state index in [1.54, 1.807) is 0 Å². The zero-order valence-electron chi connectivity index (χ0n) is 12.4. The highest BCUT2D eigenvalue weighted by molar-refractivity contribution is 5.96. The molecule has 0 aliphatic carbocycles. The van der Waals surface area contributed by atoms with Crippen molar-refractivity contribution >= 4 is 5.91 Å². The van der Waals surface area contributed by atoms with Gasteiger partial charge in [0.15, 0.2) is 0 Å². The van der Waals surface area contributed by atoms with Gasteiger partial charge in [0.25, 0.3) is 5.91 Å². The average Bonchev–Trinajstić information content (AvgIpc) is 2.95. The minimum absolute atomic E-state index is 0.0596. The number of aliphatic hydroxyl groups excluding tert-OH is 1. The van der Waals surface area contributed by atoms with Gasteiger partial charge in [-0.3, -0.25) is 4.79 Å². The number of hydrogen-bond donors (Lipinski definition) is 2. The molecule has 0 saturated carbocycles. The molecule has 1 unspecified atom stereocenters. The van der Waals surface area contributed by atoms with Crippen LogP contribution in [0.3, 0.4) is 0 Å². The lowest BCUT2D eigenvalue weighted by atomic mass is 10.0. The summed E-state index contributed by atoms with van der Waals surface area (Å²) in [4.78, 5) is 14.5.